The number of nitrogens with zero attached hydrogens (tertiary/aromatic N) is 5. The van der Waals surface area contributed by atoms with Crippen LogP contribution in [-0.4, -0.2) is 42.1 Å². The van der Waals surface area contributed by atoms with E-state index in [2.05, 4.69) is 54.1 Å². The molecule has 5 heterocycles. The van der Waals surface area contributed by atoms with E-state index in [4.69, 9.17) is 16.6 Å². The van der Waals surface area contributed by atoms with E-state index in [9.17, 15) is 9.50 Å². The number of aromatic nitrogens is 5. The average molecular weight is 518 g/mol. The minimum absolute atomic E-state index is 0.113. The van der Waals surface area contributed by atoms with Gasteiger partial charge in [0, 0.05) is 60.6 Å². The highest BCUT2D eigenvalue weighted by molar-refractivity contribution is 6.35. The standard InChI is InChI=1S/C27H25ClFN7O/c28-20-10-30-22-7-21(29)17(5-19(20)22)9-31-25-8-27(33-14-32-25)36-12-18(37)6-24(36)23-13-35-11-16(15-1-2-15)3-4-26(35)34-23/h3-5,7-8,10-11,13-15,18,24,30,37H,1-2,6,9,12H2,(H,31,32,33)/t18-,24+/m0/s1. The molecule has 4 aromatic heterocycles. The van der Waals surface area contributed by atoms with Crippen molar-refractivity contribution in [2.75, 3.05) is 16.8 Å². The van der Waals surface area contributed by atoms with Crippen molar-refractivity contribution in [3.05, 3.63) is 82.9 Å². The molecule has 10 heteroatoms. The van der Waals surface area contributed by atoms with Crippen LogP contribution in [0.4, 0.5) is 16.0 Å². The predicted molar refractivity (Wildman–Crippen MR) is 141 cm³/mol. The lowest BCUT2D eigenvalue weighted by atomic mass is 10.1. The number of aromatic amines is 1. The van der Waals surface area contributed by atoms with Gasteiger partial charge in [-0.2, -0.15) is 0 Å². The summed E-state index contributed by atoms with van der Waals surface area (Å²) in [7, 11) is 0. The fourth-order valence-electron chi connectivity index (χ4n) is 5.27. The summed E-state index contributed by atoms with van der Waals surface area (Å²) in [6.07, 6.45) is 9.93. The second-order valence-corrected chi connectivity index (χ2v) is 10.4. The molecule has 1 aliphatic heterocycles. The Kier molecular flexibility index (Phi) is 5.30. The second kappa shape index (κ2) is 8.71. The molecule has 2 aliphatic rings. The van der Waals surface area contributed by atoms with Gasteiger partial charge in [0.1, 0.15) is 29.4 Å². The van der Waals surface area contributed by atoms with Crippen molar-refractivity contribution in [1.82, 2.24) is 24.3 Å². The zero-order valence-electron chi connectivity index (χ0n) is 19.9. The smallest absolute Gasteiger partial charge is 0.137 e. The number of aliphatic hydroxyl groups excluding tert-OH is 1. The molecular formula is C27H25ClFN7O. The third kappa shape index (κ3) is 4.18. The number of benzene rings is 1. The molecule has 2 atom stereocenters. The molecule has 1 saturated heterocycles. The van der Waals surface area contributed by atoms with E-state index in [0.717, 1.165) is 16.7 Å². The number of hydrogen-bond donors (Lipinski definition) is 3. The van der Waals surface area contributed by atoms with Crippen LogP contribution in [0.5, 0.6) is 0 Å². The fraction of sp³-hybridized carbons (Fsp3) is 0.296. The first kappa shape index (κ1) is 22.5. The van der Waals surface area contributed by atoms with Crippen LogP contribution in [-0.2, 0) is 6.54 Å². The molecule has 0 radical (unpaired) electrons. The maximum absolute atomic E-state index is 14.6. The zero-order valence-corrected chi connectivity index (χ0v) is 20.7. The molecular weight excluding hydrogens is 493 g/mol. The van der Waals surface area contributed by atoms with Gasteiger partial charge in [0.2, 0.25) is 0 Å². The van der Waals surface area contributed by atoms with E-state index >= 15 is 0 Å². The normalized spacial score (nSPS) is 19.8. The molecule has 0 unspecified atom stereocenters. The van der Waals surface area contributed by atoms with Crippen molar-refractivity contribution >= 4 is 39.8 Å². The Labute approximate surface area is 217 Å². The maximum Gasteiger partial charge on any atom is 0.137 e. The average Bonchev–Trinajstić information content (AvgIpc) is 3.40. The van der Waals surface area contributed by atoms with E-state index in [1.54, 1.807) is 12.3 Å². The monoisotopic (exact) mass is 517 g/mol. The number of rotatable bonds is 6. The molecule has 1 saturated carbocycles. The molecule has 37 heavy (non-hydrogen) atoms. The van der Waals surface area contributed by atoms with Crippen molar-refractivity contribution in [3.8, 4) is 0 Å². The highest BCUT2D eigenvalue weighted by Crippen LogP contribution is 2.40. The number of hydrogen-bond acceptors (Lipinski definition) is 6. The van der Waals surface area contributed by atoms with Crippen molar-refractivity contribution in [2.45, 2.75) is 43.9 Å². The molecule has 1 aromatic carbocycles. The highest BCUT2D eigenvalue weighted by Gasteiger charge is 2.35. The van der Waals surface area contributed by atoms with Crippen LogP contribution in [0.1, 0.15) is 48.0 Å². The number of β-amino-alcohol motifs (C(OH)–C–C–N with tert-alkyl or cyclic N) is 1. The quantitative estimate of drug-likeness (QED) is 0.286. The SMILES string of the molecule is O[C@H]1C[C@H](c2cn3cc(C4CC4)ccc3n2)N(c2cc(NCc3cc4c(Cl)c[nH]c4cc3F)ncn2)C1. The van der Waals surface area contributed by atoms with Gasteiger partial charge < -0.3 is 24.7 Å². The Hall–Kier alpha value is -3.69. The molecule has 0 spiro atoms. The summed E-state index contributed by atoms with van der Waals surface area (Å²) in [6.45, 7) is 0.682. The first-order valence-corrected chi connectivity index (χ1v) is 12.8. The number of pyridine rings is 1. The van der Waals surface area contributed by atoms with Crippen LogP contribution >= 0.6 is 11.6 Å². The predicted octanol–water partition coefficient (Wildman–Crippen LogP) is 5.20. The van der Waals surface area contributed by atoms with Gasteiger partial charge in [-0.25, -0.2) is 19.3 Å². The Bertz CT molecular complexity index is 1630. The number of fused-ring (bicyclic) bond motifs is 2. The number of halogens is 2. The van der Waals surface area contributed by atoms with Gasteiger partial charge in [-0.15, -0.1) is 0 Å². The lowest BCUT2D eigenvalue weighted by Crippen LogP contribution is -2.25. The van der Waals surface area contributed by atoms with Crippen molar-refractivity contribution < 1.29 is 9.50 Å². The minimum Gasteiger partial charge on any atom is -0.391 e. The van der Waals surface area contributed by atoms with Gasteiger partial charge >= 0.3 is 0 Å². The topological polar surface area (TPSA) is 94.4 Å². The molecule has 1 aliphatic carbocycles. The van der Waals surface area contributed by atoms with Crippen molar-refractivity contribution in [3.63, 3.8) is 0 Å². The van der Waals surface area contributed by atoms with Crippen LogP contribution in [0.15, 0.2) is 55.2 Å². The maximum atomic E-state index is 14.6. The van der Waals surface area contributed by atoms with E-state index in [1.807, 2.05) is 6.07 Å². The van der Waals surface area contributed by atoms with Gasteiger partial charge in [-0.3, -0.25) is 0 Å². The van der Waals surface area contributed by atoms with Crippen LogP contribution < -0.4 is 10.2 Å². The summed E-state index contributed by atoms with van der Waals surface area (Å²) in [5, 5.41) is 15.1. The first-order chi connectivity index (χ1) is 18.0. The molecule has 8 nitrogen and oxygen atoms in total. The number of nitrogens with one attached hydrogen (secondary N) is 2. The highest BCUT2D eigenvalue weighted by atomic mass is 35.5. The van der Waals surface area contributed by atoms with Gasteiger partial charge in [-0.05, 0) is 42.5 Å². The molecule has 0 amide bonds. The van der Waals surface area contributed by atoms with Gasteiger partial charge in [0.25, 0.3) is 0 Å². The Morgan fingerprint density at radius 3 is 2.92 bits per heavy atom. The molecule has 3 N–H and O–H groups in total. The lowest BCUT2D eigenvalue weighted by Gasteiger charge is -2.24. The Morgan fingerprint density at radius 1 is 1.16 bits per heavy atom. The second-order valence-electron chi connectivity index (χ2n) is 9.97. The van der Waals surface area contributed by atoms with Crippen molar-refractivity contribution in [2.24, 2.45) is 0 Å². The molecule has 7 rings (SSSR count). The largest absolute Gasteiger partial charge is 0.391 e. The van der Waals surface area contributed by atoms with E-state index in [1.165, 1.54) is 30.8 Å². The third-order valence-corrected chi connectivity index (χ3v) is 7.68. The summed E-state index contributed by atoms with van der Waals surface area (Å²) in [5.74, 6) is 1.59. The Morgan fingerprint density at radius 2 is 2.05 bits per heavy atom. The summed E-state index contributed by atoms with van der Waals surface area (Å²) >= 11 is 6.21. The van der Waals surface area contributed by atoms with E-state index in [0.29, 0.717) is 46.6 Å². The number of H-pyrrole nitrogens is 1. The van der Waals surface area contributed by atoms with Crippen LogP contribution in [0, 0.1) is 5.82 Å². The minimum atomic E-state index is -0.491. The number of anilines is 2. The molecule has 0 bridgehead atoms. The molecule has 188 valence electrons. The third-order valence-electron chi connectivity index (χ3n) is 7.37. The summed E-state index contributed by atoms with van der Waals surface area (Å²) in [5.41, 5.74) is 4.29. The molecule has 5 aromatic rings. The summed E-state index contributed by atoms with van der Waals surface area (Å²) in [4.78, 5) is 18.7. The van der Waals surface area contributed by atoms with Gasteiger partial charge in [0.05, 0.1) is 22.9 Å². The van der Waals surface area contributed by atoms with Crippen molar-refractivity contribution in [1.29, 1.82) is 0 Å². The summed E-state index contributed by atoms with van der Waals surface area (Å²) in [6, 6.07) is 9.13. The van der Waals surface area contributed by atoms with Crippen LogP contribution in [0.3, 0.4) is 0 Å². The van der Waals surface area contributed by atoms with Crippen LogP contribution in [0.25, 0.3) is 16.6 Å². The zero-order chi connectivity index (χ0) is 25.1. The van der Waals surface area contributed by atoms with Gasteiger partial charge in [-0.1, -0.05) is 17.7 Å². The van der Waals surface area contributed by atoms with Gasteiger partial charge in [0.15, 0.2) is 0 Å². The first-order valence-electron chi connectivity index (χ1n) is 12.5. The fourth-order valence-corrected chi connectivity index (χ4v) is 5.48. The molecule has 2 fully saturated rings. The Balaban J connectivity index is 1.13. The van der Waals surface area contributed by atoms with E-state index < -0.39 is 6.10 Å². The van der Waals surface area contributed by atoms with Crippen LogP contribution in [0.2, 0.25) is 5.02 Å². The number of imidazole rings is 1. The summed E-state index contributed by atoms with van der Waals surface area (Å²) < 4.78 is 16.7. The van der Waals surface area contributed by atoms with E-state index in [-0.39, 0.29) is 18.4 Å². The lowest BCUT2D eigenvalue weighted by molar-refractivity contribution is 0.194. The number of aliphatic hydroxyl groups is 1.